The zero-order chi connectivity index (χ0) is 12.5. The lowest BCUT2D eigenvalue weighted by Crippen LogP contribution is -2.30. The van der Waals surface area contributed by atoms with Crippen molar-refractivity contribution in [2.45, 2.75) is 33.2 Å². The maximum Gasteiger partial charge on any atom is 0.0233 e. The molecular weight excluding hydrogens is 208 g/mol. The van der Waals surface area contributed by atoms with Gasteiger partial charge in [-0.15, -0.1) is 0 Å². The molecule has 1 atom stereocenters. The average Bonchev–Trinajstić information content (AvgIpc) is 2.37. The van der Waals surface area contributed by atoms with Crippen molar-refractivity contribution in [2.75, 3.05) is 19.6 Å². The number of benzene rings is 1. The first-order chi connectivity index (χ1) is 8.26. The topological polar surface area (TPSA) is 29.3 Å². The first-order valence-electron chi connectivity index (χ1n) is 6.72. The standard InChI is InChI=1S/C15H26N2/c1-3-14(2)12-17(11-7-10-16)13-15-8-5-4-6-9-15/h4-6,8-9,14H,3,7,10-13,16H2,1-2H3. The number of hydrogen-bond acceptors (Lipinski definition) is 2. The number of nitrogens with two attached hydrogens (primary N) is 1. The van der Waals surface area contributed by atoms with Gasteiger partial charge >= 0.3 is 0 Å². The molecule has 0 saturated carbocycles. The Labute approximate surface area is 106 Å². The zero-order valence-corrected chi connectivity index (χ0v) is 11.2. The molecule has 0 aliphatic heterocycles. The van der Waals surface area contributed by atoms with Gasteiger partial charge in [-0.2, -0.15) is 0 Å². The lowest BCUT2D eigenvalue weighted by Gasteiger charge is -2.25. The third-order valence-corrected chi connectivity index (χ3v) is 3.19. The van der Waals surface area contributed by atoms with Crippen molar-refractivity contribution in [1.29, 1.82) is 0 Å². The quantitative estimate of drug-likeness (QED) is 0.749. The fourth-order valence-electron chi connectivity index (χ4n) is 1.96. The number of rotatable bonds is 8. The normalized spacial score (nSPS) is 12.9. The summed E-state index contributed by atoms with van der Waals surface area (Å²) in [6.45, 7) is 8.69. The zero-order valence-electron chi connectivity index (χ0n) is 11.2. The lowest BCUT2D eigenvalue weighted by molar-refractivity contribution is 0.225. The molecular formula is C15H26N2. The molecule has 17 heavy (non-hydrogen) atoms. The van der Waals surface area contributed by atoms with Gasteiger partial charge in [0.2, 0.25) is 0 Å². The van der Waals surface area contributed by atoms with Crippen molar-refractivity contribution in [1.82, 2.24) is 4.90 Å². The summed E-state index contributed by atoms with van der Waals surface area (Å²) in [5.74, 6) is 0.761. The summed E-state index contributed by atoms with van der Waals surface area (Å²) in [6.07, 6.45) is 2.33. The van der Waals surface area contributed by atoms with Crippen LogP contribution in [0.3, 0.4) is 0 Å². The minimum atomic E-state index is 0.761. The largest absolute Gasteiger partial charge is 0.330 e. The molecule has 96 valence electrons. The maximum absolute atomic E-state index is 5.61. The predicted molar refractivity (Wildman–Crippen MR) is 74.8 cm³/mol. The van der Waals surface area contributed by atoms with Crippen LogP contribution in [-0.4, -0.2) is 24.5 Å². The molecule has 0 aliphatic rings. The molecule has 0 spiro atoms. The van der Waals surface area contributed by atoms with Crippen LogP contribution in [0.4, 0.5) is 0 Å². The van der Waals surface area contributed by atoms with Gasteiger partial charge in [-0.3, -0.25) is 4.90 Å². The minimum absolute atomic E-state index is 0.761. The molecule has 0 radical (unpaired) electrons. The third kappa shape index (κ3) is 5.85. The van der Waals surface area contributed by atoms with Crippen molar-refractivity contribution < 1.29 is 0 Å². The van der Waals surface area contributed by atoms with Crippen molar-refractivity contribution in [3.63, 3.8) is 0 Å². The first kappa shape index (κ1) is 14.2. The van der Waals surface area contributed by atoms with E-state index in [0.29, 0.717) is 0 Å². The molecule has 0 aromatic heterocycles. The minimum Gasteiger partial charge on any atom is -0.330 e. The number of hydrogen-bond donors (Lipinski definition) is 1. The van der Waals surface area contributed by atoms with Gasteiger partial charge in [0, 0.05) is 13.1 Å². The summed E-state index contributed by atoms with van der Waals surface area (Å²) < 4.78 is 0. The molecule has 1 aromatic carbocycles. The highest BCUT2D eigenvalue weighted by atomic mass is 15.1. The molecule has 2 heteroatoms. The van der Waals surface area contributed by atoms with E-state index in [9.17, 15) is 0 Å². The fraction of sp³-hybridized carbons (Fsp3) is 0.600. The van der Waals surface area contributed by atoms with Crippen LogP contribution >= 0.6 is 0 Å². The Kier molecular flexibility index (Phi) is 6.90. The molecule has 0 saturated heterocycles. The van der Waals surface area contributed by atoms with E-state index < -0.39 is 0 Å². The molecule has 0 heterocycles. The smallest absolute Gasteiger partial charge is 0.0233 e. The summed E-state index contributed by atoms with van der Waals surface area (Å²) in [5.41, 5.74) is 7.00. The van der Waals surface area contributed by atoms with Crippen molar-refractivity contribution in [3.05, 3.63) is 35.9 Å². The van der Waals surface area contributed by atoms with E-state index in [1.807, 2.05) is 0 Å². The Hall–Kier alpha value is -0.860. The molecule has 0 aliphatic carbocycles. The van der Waals surface area contributed by atoms with Crippen LogP contribution in [0.5, 0.6) is 0 Å². The molecule has 2 N–H and O–H groups in total. The summed E-state index contributed by atoms with van der Waals surface area (Å²) in [4.78, 5) is 2.52. The van der Waals surface area contributed by atoms with E-state index in [2.05, 4.69) is 49.1 Å². The summed E-state index contributed by atoms with van der Waals surface area (Å²) in [7, 11) is 0. The van der Waals surface area contributed by atoms with Crippen molar-refractivity contribution >= 4 is 0 Å². The van der Waals surface area contributed by atoms with Crippen LogP contribution in [-0.2, 0) is 6.54 Å². The molecule has 0 fully saturated rings. The van der Waals surface area contributed by atoms with E-state index in [4.69, 9.17) is 5.73 Å². The first-order valence-corrected chi connectivity index (χ1v) is 6.72. The molecule has 1 rings (SSSR count). The molecule has 1 aromatic rings. The monoisotopic (exact) mass is 234 g/mol. The summed E-state index contributed by atoms with van der Waals surface area (Å²) in [5, 5.41) is 0. The highest BCUT2D eigenvalue weighted by Crippen LogP contribution is 2.09. The Morgan fingerprint density at radius 3 is 2.53 bits per heavy atom. The van der Waals surface area contributed by atoms with Gasteiger partial charge in [0.05, 0.1) is 0 Å². The molecule has 0 bridgehead atoms. The Balaban J connectivity index is 2.50. The second-order valence-electron chi connectivity index (χ2n) is 4.88. The Morgan fingerprint density at radius 2 is 1.94 bits per heavy atom. The fourth-order valence-corrected chi connectivity index (χ4v) is 1.96. The number of nitrogens with zero attached hydrogens (tertiary/aromatic N) is 1. The van der Waals surface area contributed by atoms with Gasteiger partial charge < -0.3 is 5.73 Å². The third-order valence-electron chi connectivity index (χ3n) is 3.19. The average molecular weight is 234 g/mol. The summed E-state index contributed by atoms with van der Waals surface area (Å²) in [6, 6.07) is 10.7. The van der Waals surface area contributed by atoms with Gasteiger partial charge in [-0.25, -0.2) is 0 Å². The second-order valence-corrected chi connectivity index (χ2v) is 4.88. The van der Waals surface area contributed by atoms with Crippen LogP contribution in [0.2, 0.25) is 0 Å². The van der Waals surface area contributed by atoms with Crippen LogP contribution < -0.4 is 5.73 Å². The van der Waals surface area contributed by atoms with Gasteiger partial charge in [-0.05, 0) is 31.0 Å². The van der Waals surface area contributed by atoms with E-state index >= 15 is 0 Å². The van der Waals surface area contributed by atoms with Gasteiger partial charge in [0.15, 0.2) is 0 Å². The molecule has 0 amide bonds. The SMILES string of the molecule is CCC(C)CN(CCCN)Cc1ccccc1. The Morgan fingerprint density at radius 1 is 1.24 bits per heavy atom. The van der Waals surface area contributed by atoms with Crippen molar-refractivity contribution in [3.8, 4) is 0 Å². The van der Waals surface area contributed by atoms with Crippen LogP contribution in [0.15, 0.2) is 30.3 Å². The van der Waals surface area contributed by atoms with E-state index in [1.54, 1.807) is 0 Å². The van der Waals surface area contributed by atoms with Gasteiger partial charge in [0.25, 0.3) is 0 Å². The van der Waals surface area contributed by atoms with Crippen LogP contribution in [0.25, 0.3) is 0 Å². The summed E-state index contributed by atoms with van der Waals surface area (Å²) >= 11 is 0. The van der Waals surface area contributed by atoms with Gasteiger partial charge in [0.1, 0.15) is 0 Å². The highest BCUT2D eigenvalue weighted by molar-refractivity contribution is 5.14. The lowest BCUT2D eigenvalue weighted by atomic mass is 10.1. The predicted octanol–water partition coefficient (Wildman–Crippen LogP) is 2.88. The van der Waals surface area contributed by atoms with Gasteiger partial charge in [-0.1, -0.05) is 50.6 Å². The van der Waals surface area contributed by atoms with Crippen molar-refractivity contribution in [2.24, 2.45) is 11.7 Å². The molecule has 1 unspecified atom stereocenters. The van der Waals surface area contributed by atoms with E-state index in [-0.39, 0.29) is 0 Å². The molecule has 2 nitrogen and oxygen atoms in total. The van der Waals surface area contributed by atoms with Crippen LogP contribution in [0, 0.1) is 5.92 Å². The van der Waals surface area contributed by atoms with E-state index in [0.717, 1.165) is 32.0 Å². The maximum atomic E-state index is 5.61. The highest BCUT2D eigenvalue weighted by Gasteiger charge is 2.09. The second kappa shape index (κ2) is 8.26. The van der Waals surface area contributed by atoms with E-state index in [1.165, 1.54) is 18.5 Å². The Bertz CT molecular complexity index is 284. The van der Waals surface area contributed by atoms with Crippen LogP contribution in [0.1, 0.15) is 32.3 Å².